The van der Waals surface area contributed by atoms with Crippen LogP contribution in [0, 0.1) is 0 Å². The first-order valence-electron chi connectivity index (χ1n) is 3.94. The van der Waals surface area contributed by atoms with Crippen molar-refractivity contribution in [1.29, 1.82) is 0 Å². The first-order chi connectivity index (χ1) is 6.29. The Hall–Kier alpha value is -1.90. The third kappa shape index (κ3) is 1.24. The lowest BCUT2D eigenvalue weighted by Gasteiger charge is -2.12. The van der Waals surface area contributed by atoms with Crippen LogP contribution in [0.5, 0.6) is 0 Å². The predicted octanol–water partition coefficient (Wildman–Crippen LogP) is 1.81. The van der Waals surface area contributed by atoms with Gasteiger partial charge >= 0.3 is 0 Å². The minimum Gasteiger partial charge on any atom is -0.504 e. The number of rotatable bonds is 0. The molecule has 0 aromatic carbocycles. The summed E-state index contributed by atoms with van der Waals surface area (Å²) in [5, 5.41) is 21.7. The van der Waals surface area contributed by atoms with Crippen molar-refractivity contribution in [3.8, 4) is 0 Å². The van der Waals surface area contributed by atoms with Gasteiger partial charge in [0.15, 0.2) is 11.5 Å². The highest BCUT2D eigenvalue weighted by molar-refractivity contribution is 5.51. The Morgan fingerprint density at radius 1 is 1.08 bits per heavy atom. The van der Waals surface area contributed by atoms with Crippen LogP contribution in [0.25, 0.3) is 0 Å². The number of aliphatic hydroxyl groups is 2. The van der Waals surface area contributed by atoms with Crippen molar-refractivity contribution in [3.05, 3.63) is 59.4 Å². The van der Waals surface area contributed by atoms with Gasteiger partial charge in [0, 0.05) is 11.8 Å². The lowest BCUT2D eigenvalue weighted by molar-refractivity contribution is 0.321. The smallest absolute Gasteiger partial charge is 0.182 e. The third-order valence-corrected chi connectivity index (χ3v) is 1.90. The Balaban J connectivity index is 2.56. The zero-order valence-electron chi connectivity index (χ0n) is 6.86. The second kappa shape index (κ2) is 2.86. The summed E-state index contributed by atoms with van der Waals surface area (Å²) >= 11 is 0. The van der Waals surface area contributed by atoms with Crippen molar-refractivity contribution in [3.63, 3.8) is 0 Å². The molecular formula is C10H9NO2. The highest BCUT2D eigenvalue weighted by atomic mass is 16.3. The van der Waals surface area contributed by atoms with Gasteiger partial charge in [-0.2, -0.15) is 0 Å². The van der Waals surface area contributed by atoms with E-state index in [4.69, 9.17) is 0 Å². The van der Waals surface area contributed by atoms with Crippen molar-refractivity contribution in [1.82, 2.24) is 5.32 Å². The van der Waals surface area contributed by atoms with Crippen molar-refractivity contribution in [2.45, 2.75) is 0 Å². The van der Waals surface area contributed by atoms with Gasteiger partial charge in [0.25, 0.3) is 0 Å². The van der Waals surface area contributed by atoms with E-state index in [-0.39, 0.29) is 11.5 Å². The minimum atomic E-state index is -0.127. The summed E-state index contributed by atoms with van der Waals surface area (Å²) in [6.45, 7) is 0. The summed E-state index contributed by atoms with van der Waals surface area (Å²) in [5.41, 5.74) is 1.38. The summed E-state index contributed by atoms with van der Waals surface area (Å²) in [6.07, 6.45) is 10.3. The molecule has 13 heavy (non-hydrogen) atoms. The van der Waals surface area contributed by atoms with Crippen LogP contribution >= 0.6 is 0 Å². The molecular weight excluding hydrogens is 166 g/mol. The zero-order valence-corrected chi connectivity index (χ0v) is 6.86. The van der Waals surface area contributed by atoms with E-state index in [0.717, 1.165) is 5.57 Å². The number of aliphatic hydroxyl groups excluding tert-OH is 2. The first-order valence-corrected chi connectivity index (χ1v) is 3.94. The van der Waals surface area contributed by atoms with Crippen LogP contribution in [0.15, 0.2) is 59.4 Å². The second-order valence-electron chi connectivity index (χ2n) is 2.76. The monoisotopic (exact) mass is 175 g/mol. The normalized spacial score (nSPS) is 20.0. The van der Waals surface area contributed by atoms with Crippen molar-refractivity contribution in [2.75, 3.05) is 0 Å². The highest BCUT2D eigenvalue weighted by Gasteiger charge is 2.14. The molecule has 1 aliphatic carbocycles. The number of fused-ring (bicyclic) bond motifs is 1. The molecule has 0 amide bonds. The second-order valence-corrected chi connectivity index (χ2v) is 2.76. The molecule has 3 N–H and O–H groups in total. The van der Waals surface area contributed by atoms with E-state index in [9.17, 15) is 10.2 Å². The van der Waals surface area contributed by atoms with Gasteiger partial charge in [-0.1, -0.05) is 18.2 Å². The molecule has 0 aromatic heterocycles. The van der Waals surface area contributed by atoms with E-state index in [2.05, 4.69) is 5.32 Å². The Labute approximate surface area is 75.7 Å². The lowest BCUT2D eigenvalue weighted by Crippen LogP contribution is -2.13. The molecule has 0 atom stereocenters. The molecule has 0 spiro atoms. The van der Waals surface area contributed by atoms with E-state index in [1.54, 1.807) is 12.3 Å². The molecule has 2 rings (SSSR count). The molecule has 3 nitrogen and oxygen atoms in total. The van der Waals surface area contributed by atoms with Crippen LogP contribution in [0.2, 0.25) is 0 Å². The first kappa shape index (κ1) is 7.73. The van der Waals surface area contributed by atoms with E-state index in [1.165, 1.54) is 6.08 Å². The summed E-state index contributed by atoms with van der Waals surface area (Å²) in [7, 11) is 0. The molecule has 0 saturated carbocycles. The standard InChI is InChI=1S/C10H9NO2/c12-8-5-1-3-7-4-2-6-11-9(7)10(8)13/h1-6,11-13H. The van der Waals surface area contributed by atoms with Gasteiger partial charge in [0.1, 0.15) is 0 Å². The molecule has 0 fully saturated rings. The van der Waals surface area contributed by atoms with Crippen LogP contribution < -0.4 is 5.32 Å². The largest absolute Gasteiger partial charge is 0.504 e. The van der Waals surface area contributed by atoms with Crippen LogP contribution in [0.3, 0.4) is 0 Å². The fourth-order valence-corrected chi connectivity index (χ4v) is 1.24. The molecule has 66 valence electrons. The maximum atomic E-state index is 9.54. The van der Waals surface area contributed by atoms with Gasteiger partial charge in [-0.15, -0.1) is 0 Å². The number of hydrogen-bond acceptors (Lipinski definition) is 3. The van der Waals surface area contributed by atoms with Gasteiger partial charge < -0.3 is 15.5 Å². The van der Waals surface area contributed by atoms with Gasteiger partial charge in [0.2, 0.25) is 0 Å². The average Bonchev–Trinajstić information content (AvgIpc) is 2.29. The minimum absolute atomic E-state index is 0.124. The Bertz CT molecular complexity index is 384. The van der Waals surface area contributed by atoms with Crippen LogP contribution in [0.4, 0.5) is 0 Å². The van der Waals surface area contributed by atoms with Gasteiger partial charge in [-0.05, 0) is 12.2 Å². The fraction of sp³-hybridized carbons (Fsp3) is 0. The molecule has 1 heterocycles. The van der Waals surface area contributed by atoms with Crippen LogP contribution in [-0.2, 0) is 0 Å². The Kier molecular flexibility index (Phi) is 1.70. The number of allylic oxidation sites excluding steroid dienone is 5. The lowest BCUT2D eigenvalue weighted by atomic mass is 10.1. The fourth-order valence-electron chi connectivity index (χ4n) is 1.24. The molecule has 3 heteroatoms. The van der Waals surface area contributed by atoms with E-state index in [0.29, 0.717) is 5.70 Å². The molecule has 0 saturated heterocycles. The van der Waals surface area contributed by atoms with E-state index in [1.807, 2.05) is 18.2 Å². The summed E-state index contributed by atoms with van der Waals surface area (Å²) in [6, 6.07) is 0. The van der Waals surface area contributed by atoms with E-state index >= 15 is 0 Å². The third-order valence-electron chi connectivity index (χ3n) is 1.90. The molecule has 0 aromatic rings. The molecule has 0 radical (unpaired) electrons. The summed E-state index contributed by atoms with van der Waals surface area (Å²) in [5.74, 6) is -0.252. The van der Waals surface area contributed by atoms with Gasteiger partial charge in [-0.25, -0.2) is 0 Å². The van der Waals surface area contributed by atoms with Crippen molar-refractivity contribution >= 4 is 0 Å². The van der Waals surface area contributed by atoms with E-state index < -0.39 is 0 Å². The quantitative estimate of drug-likeness (QED) is 0.526. The highest BCUT2D eigenvalue weighted by Crippen LogP contribution is 2.21. The van der Waals surface area contributed by atoms with Gasteiger partial charge in [0.05, 0.1) is 5.70 Å². The number of hydrogen-bond donors (Lipinski definition) is 3. The molecule has 1 aliphatic heterocycles. The van der Waals surface area contributed by atoms with Crippen LogP contribution in [-0.4, -0.2) is 10.2 Å². The molecule has 0 unspecified atom stereocenters. The van der Waals surface area contributed by atoms with Gasteiger partial charge in [-0.3, -0.25) is 0 Å². The summed E-state index contributed by atoms with van der Waals surface area (Å²) in [4.78, 5) is 0. The molecule has 0 bridgehead atoms. The SMILES string of the molecule is OC1=CC=CC2=CC=CNC2=C1O. The summed E-state index contributed by atoms with van der Waals surface area (Å²) < 4.78 is 0. The Morgan fingerprint density at radius 2 is 1.92 bits per heavy atom. The predicted molar refractivity (Wildman–Crippen MR) is 49.9 cm³/mol. The zero-order chi connectivity index (χ0) is 9.26. The molecule has 2 aliphatic rings. The van der Waals surface area contributed by atoms with Crippen molar-refractivity contribution < 1.29 is 10.2 Å². The topological polar surface area (TPSA) is 52.5 Å². The maximum Gasteiger partial charge on any atom is 0.182 e. The van der Waals surface area contributed by atoms with Crippen LogP contribution in [0.1, 0.15) is 0 Å². The van der Waals surface area contributed by atoms with Crippen molar-refractivity contribution in [2.24, 2.45) is 0 Å². The average molecular weight is 175 g/mol. The number of dihydropyridines is 1. The Morgan fingerprint density at radius 3 is 2.77 bits per heavy atom. The maximum absolute atomic E-state index is 9.54. The number of nitrogens with one attached hydrogen (secondary N) is 1.